The van der Waals surface area contributed by atoms with Crippen molar-refractivity contribution in [1.29, 1.82) is 0 Å². The van der Waals surface area contributed by atoms with Crippen LogP contribution in [0.25, 0.3) is 11.1 Å². The van der Waals surface area contributed by atoms with Gasteiger partial charge in [-0.05, 0) is 33.2 Å². The van der Waals surface area contributed by atoms with Gasteiger partial charge in [-0.25, -0.2) is 4.98 Å². The van der Waals surface area contributed by atoms with Crippen LogP contribution in [0.5, 0.6) is 11.6 Å². The molecule has 0 saturated carbocycles. The second-order valence-electron chi connectivity index (χ2n) is 8.16. The number of ether oxygens (including phenoxy) is 2. The van der Waals surface area contributed by atoms with E-state index in [9.17, 15) is 9.90 Å². The van der Waals surface area contributed by atoms with E-state index in [2.05, 4.69) is 16.8 Å². The predicted molar refractivity (Wildman–Crippen MR) is 116 cm³/mol. The van der Waals surface area contributed by atoms with Crippen LogP contribution in [0.15, 0.2) is 36.5 Å². The van der Waals surface area contributed by atoms with Gasteiger partial charge in [0.15, 0.2) is 0 Å². The first kappa shape index (κ1) is 22.1. The van der Waals surface area contributed by atoms with Gasteiger partial charge in [-0.15, -0.1) is 0 Å². The molecule has 0 spiro atoms. The zero-order valence-electron chi connectivity index (χ0n) is 18.3. The van der Waals surface area contributed by atoms with Crippen molar-refractivity contribution in [2.24, 2.45) is 5.92 Å². The summed E-state index contributed by atoms with van der Waals surface area (Å²) < 4.78 is 11.7. The summed E-state index contributed by atoms with van der Waals surface area (Å²) in [5, 5.41) is 9.75. The van der Waals surface area contributed by atoms with Crippen LogP contribution in [0.2, 0.25) is 0 Å². The Morgan fingerprint density at radius 2 is 2.07 bits per heavy atom. The Kier molecular flexibility index (Phi) is 6.95. The molecule has 0 radical (unpaired) electrons. The molecule has 0 saturated heterocycles. The number of aliphatic hydroxyl groups excluding tert-OH is 1. The molecular formula is C23H31N3O4. The Labute approximate surface area is 178 Å². The molecule has 2 heterocycles. The standard InChI is InChI=1S/C23H31N3O4/c1-15-12-26(16(2)14-27)23(28)19-10-17(18-8-6-7-9-20(18)29-5)11-24-22(19)30-21(15)13-25(3)4/h6-11,15-16,21,27H,12-14H2,1-5H3/t15-,16-,21+/m0/s1. The van der Waals surface area contributed by atoms with Gasteiger partial charge >= 0.3 is 0 Å². The highest BCUT2D eigenvalue weighted by Crippen LogP contribution is 2.34. The number of nitrogens with zero attached hydrogens (tertiary/aromatic N) is 3. The third kappa shape index (κ3) is 4.57. The average molecular weight is 414 g/mol. The lowest BCUT2D eigenvalue weighted by molar-refractivity contribution is 0.0348. The minimum atomic E-state index is -0.305. The smallest absolute Gasteiger partial charge is 0.259 e. The Bertz CT molecular complexity index is 887. The number of carbonyl (C=O) groups excluding carboxylic acids is 1. The Balaban J connectivity index is 2.10. The number of pyridine rings is 1. The Morgan fingerprint density at radius 1 is 1.33 bits per heavy atom. The minimum Gasteiger partial charge on any atom is -0.496 e. The Hall–Kier alpha value is -2.64. The number of hydrogen-bond acceptors (Lipinski definition) is 6. The predicted octanol–water partition coefficient (Wildman–Crippen LogP) is 2.54. The zero-order chi connectivity index (χ0) is 21.8. The molecule has 1 aliphatic rings. The summed E-state index contributed by atoms with van der Waals surface area (Å²) in [6.45, 7) is 5.01. The number of fused-ring (bicyclic) bond motifs is 1. The molecule has 162 valence electrons. The number of likely N-dealkylation sites (N-methyl/N-ethyl adjacent to an activating group) is 1. The molecule has 3 atom stereocenters. The second kappa shape index (κ2) is 9.45. The number of carbonyl (C=O) groups is 1. The molecule has 3 rings (SSSR count). The van der Waals surface area contributed by atoms with Gasteiger partial charge in [0.1, 0.15) is 17.4 Å². The average Bonchev–Trinajstić information content (AvgIpc) is 2.75. The Morgan fingerprint density at radius 3 is 2.73 bits per heavy atom. The van der Waals surface area contributed by atoms with E-state index in [4.69, 9.17) is 9.47 Å². The van der Waals surface area contributed by atoms with Crippen molar-refractivity contribution in [3.05, 3.63) is 42.1 Å². The van der Waals surface area contributed by atoms with Gasteiger partial charge in [0.05, 0.1) is 19.8 Å². The van der Waals surface area contributed by atoms with E-state index in [1.807, 2.05) is 51.4 Å². The van der Waals surface area contributed by atoms with E-state index in [0.717, 1.165) is 11.1 Å². The summed E-state index contributed by atoms with van der Waals surface area (Å²) in [5.41, 5.74) is 2.03. The first-order chi connectivity index (χ1) is 14.3. The third-order valence-electron chi connectivity index (χ3n) is 5.48. The van der Waals surface area contributed by atoms with Gasteiger partial charge in [0.2, 0.25) is 5.88 Å². The first-order valence-corrected chi connectivity index (χ1v) is 10.2. The molecule has 1 aliphatic heterocycles. The van der Waals surface area contributed by atoms with Crippen molar-refractivity contribution in [3.8, 4) is 22.8 Å². The number of methoxy groups -OCH3 is 1. The normalized spacial score (nSPS) is 20.2. The van der Waals surface area contributed by atoms with E-state index in [-0.39, 0.29) is 30.6 Å². The quantitative estimate of drug-likeness (QED) is 0.785. The van der Waals surface area contributed by atoms with Gasteiger partial charge in [0, 0.05) is 36.3 Å². The molecule has 1 N–H and O–H groups in total. The van der Waals surface area contributed by atoms with Gasteiger partial charge in [-0.3, -0.25) is 4.79 Å². The second-order valence-corrected chi connectivity index (χ2v) is 8.16. The van der Waals surface area contributed by atoms with Gasteiger partial charge in [-0.2, -0.15) is 0 Å². The van der Waals surface area contributed by atoms with Crippen molar-refractivity contribution in [2.75, 3.05) is 40.9 Å². The number of para-hydroxylation sites is 1. The zero-order valence-corrected chi connectivity index (χ0v) is 18.3. The number of aromatic nitrogens is 1. The fourth-order valence-corrected chi connectivity index (χ4v) is 3.71. The maximum Gasteiger partial charge on any atom is 0.259 e. The van der Waals surface area contributed by atoms with Crippen molar-refractivity contribution >= 4 is 5.91 Å². The molecule has 1 amide bonds. The number of rotatable bonds is 6. The maximum atomic E-state index is 13.5. The molecule has 0 unspecified atom stereocenters. The SMILES string of the molecule is COc1ccccc1-c1cnc2c(c1)C(=O)N([C@@H](C)CO)C[C@H](C)[C@@H](CN(C)C)O2. The van der Waals surface area contributed by atoms with Crippen LogP contribution in [-0.4, -0.2) is 78.8 Å². The summed E-state index contributed by atoms with van der Waals surface area (Å²) in [6.07, 6.45) is 1.58. The van der Waals surface area contributed by atoms with Crippen LogP contribution in [0.4, 0.5) is 0 Å². The van der Waals surface area contributed by atoms with Crippen molar-refractivity contribution in [2.45, 2.75) is 26.0 Å². The monoisotopic (exact) mass is 413 g/mol. The molecular weight excluding hydrogens is 382 g/mol. The first-order valence-electron chi connectivity index (χ1n) is 10.2. The topological polar surface area (TPSA) is 75.1 Å². The highest BCUT2D eigenvalue weighted by molar-refractivity contribution is 5.98. The van der Waals surface area contributed by atoms with Crippen LogP contribution in [0, 0.1) is 5.92 Å². The highest BCUT2D eigenvalue weighted by Gasteiger charge is 2.34. The van der Waals surface area contributed by atoms with Crippen molar-refractivity contribution in [1.82, 2.24) is 14.8 Å². The number of amides is 1. The van der Waals surface area contributed by atoms with Crippen LogP contribution in [0.1, 0.15) is 24.2 Å². The molecule has 2 aromatic rings. The van der Waals surface area contributed by atoms with Gasteiger partial charge in [-0.1, -0.05) is 25.1 Å². The summed E-state index contributed by atoms with van der Waals surface area (Å²) in [6, 6.07) is 9.13. The van der Waals surface area contributed by atoms with Crippen LogP contribution in [0.3, 0.4) is 0 Å². The number of aliphatic hydroxyl groups is 1. The maximum absolute atomic E-state index is 13.5. The lowest BCUT2D eigenvalue weighted by Gasteiger charge is -2.37. The molecule has 7 heteroatoms. The van der Waals surface area contributed by atoms with Crippen molar-refractivity contribution < 1.29 is 19.4 Å². The molecule has 7 nitrogen and oxygen atoms in total. The van der Waals surface area contributed by atoms with Crippen LogP contribution >= 0.6 is 0 Å². The molecule has 0 aliphatic carbocycles. The van der Waals surface area contributed by atoms with Crippen molar-refractivity contribution in [3.63, 3.8) is 0 Å². The summed E-state index contributed by atoms with van der Waals surface area (Å²) in [5.74, 6) is 0.922. The molecule has 0 bridgehead atoms. The summed E-state index contributed by atoms with van der Waals surface area (Å²) in [4.78, 5) is 21.8. The summed E-state index contributed by atoms with van der Waals surface area (Å²) >= 11 is 0. The van der Waals surface area contributed by atoms with E-state index in [0.29, 0.717) is 30.3 Å². The van der Waals surface area contributed by atoms with E-state index < -0.39 is 0 Å². The fourth-order valence-electron chi connectivity index (χ4n) is 3.71. The lowest BCUT2D eigenvalue weighted by Crippen LogP contribution is -2.49. The van der Waals surface area contributed by atoms with Gasteiger partial charge in [0.25, 0.3) is 5.91 Å². The van der Waals surface area contributed by atoms with E-state index in [1.165, 1.54) is 0 Å². The van der Waals surface area contributed by atoms with Crippen LogP contribution < -0.4 is 9.47 Å². The fraction of sp³-hybridized carbons (Fsp3) is 0.478. The molecule has 1 aromatic carbocycles. The molecule has 30 heavy (non-hydrogen) atoms. The largest absolute Gasteiger partial charge is 0.496 e. The highest BCUT2D eigenvalue weighted by atomic mass is 16.5. The lowest BCUT2D eigenvalue weighted by atomic mass is 9.99. The molecule has 0 fully saturated rings. The number of benzene rings is 1. The van der Waals surface area contributed by atoms with E-state index in [1.54, 1.807) is 18.2 Å². The minimum absolute atomic E-state index is 0.0780. The van der Waals surface area contributed by atoms with Gasteiger partial charge < -0.3 is 24.4 Å². The van der Waals surface area contributed by atoms with E-state index >= 15 is 0 Å². The van der Waals surface area contributed by atoms with Crippen LogP contribution in [-0.2, 0) is 0 Å². The summed E-state index contributed by atoms with van der Waals surface area (Å²) in [7, 11) is 5.60. The third-order valence-corrected chi connectivity index (χ3v) is 5.48. The molecule has 1 aromatic heterocycles. The number of hydrogen-bond donors (Lipinski definition) is 1.